The lowest BCUT2D eigenvalue weighted by molar-refractivity contribution is 0.548. The average molecular weight is 527 g/mol. The van der Waals surface area contributed by atoms with Crippen molar-refractivity contribution in [2.75, 3.05) is 12.4 Å². The van der Waals surface area contributed by atoms with Gasteiger partial charge in [-0.1, -0.05) is 12.8 Å². The molecule has 1 aliphatic carbocycles. The number of aromatic nitrogens is 2. The first-order valence-electron chi connectivity index (χ1n) is 6.80. The van der Waals surface area contributed by atoms with Crippen LogP contribution < -0.4 is 5.32 Å². The molecule has 0 aliphatic heterocycles. The predicted molar refractivity (Wildman–Crippen MR) is 98.6 cm³/mol. The van der Waals surface area contributed by atoms with Gasteiger partial charge < -0.3 is 9.73 Å². The minimum Gasteiger partial charge on any atom is -0.445 e. The van der Waals surface area contributed by atoms with Crippen molar-refractivity contribution >= 4 is 60.3 Å². The predicted octanol–water partition coefficient (Wildman–Crippen LogP) is 5.57. The summed E-state index contributed by atoms with van der Waals surface area (Å²) in [5, 5.41) is 3.17. The Morgan fingerprint density at radius 3 is 2.57 bits per heavy atom. The van der Waals surface area contributed by atoms with E-state index in [-0.39, 0.29) is 0 Å². The van der Waals surface area contributed by atoms with Crippen LogP contribution in [-0.2, 0) is 0 Å². The maximum atomic E-state index is 5.67. The highest BCUT2D eigenvalue weighted by atomic mass is 127. The minimum atomic E-state index is 0.535. The summed E-state index contributed by atoms with van der Waals surface area (Å²) in [7, 11) is 1.89. The second-order valence-electron chi connectivity index (χ2n) is 5.06. The van der Waals surface area contributed by atoms with E-state index in [0.717, 1.165) is 19.6 Å². The molecule has 0 radical (unpaired) electrons. The summed E-state index contributed by atoms with van der Waals surface area (Å²) in [5.74, 6) is 2.70. The van der Waals surface area contributed by atoms with Gasteiger partial charge in [0.15, 0.2) is 16.3 Å². The Kier molecular flexibility index (Phi) is 4.90. The standard InChI is InChI=1S/C14H14Br2IN3O/c1-18-14-10(17)11(7-4-2-3-5-7)19-13(20-14)9-6-8(15)12(16)21-9/h6-7H,2-5H2,1H3,(H,18,19,20). The van der Waals surface area contributed by atoms with Gasteiger partial charge in [0, 0.05) is 19.0 Å². The van der Waals surface area contributed by atoms with Crippen LogP contribution in [0.25, 0.3) is 11.6 Å². The second-order valence-corrected chi connectivity index (χ2v) is 7.71. The van der Waals surface area contributed by atoms with Crippen LogP contribution in [0.4, 0.5) is 5.82 Å². The lowest BCUT2D eigenvalue weighted by atomic mass is 10.0. The summed E-state index contributed by atoms with van der Waals surface area (Å²) >= 11 is 9.14. The first kappa shape index (κ1) is 15.7. The van der Waals surface area contributed by atoms with Gasteiger partial charge in [0.1, 0.15) is 5.82 Å². The molecule has 1 saturated carbocycles. The van der Waals surface area contributed by atoms with Crippen molar-refractivity contribution in [3.63, 3.8) is 0 Å². The molecular formula is C14H14Br2IN3O. The highest BCUT2D eigenvalue weighted by molar-refractivity contribution is 14.1. The van der Waals surface area contributed by atoms with Crippen LogP contribution in [-0.4, -0.2) is 17.0 Å². The van der Waals surface area contributed by atoms with Gasteiger partial charge in [0.2, 0.25) is 0 Å². The van der Waals surface area contributed by atoms with E-state index in [1.807, 2.05) is 13.1 Å². The number of nitrogens with zero attached hydrogens (tertiary/aromatic N) is 2. The van der Waals surface area contributed by atoms with E-state index >= 15 is 0 Å². The first-order valence-corrected chi connectivity index (χ1v) is 9.47. The van der Waals surface area contributed by atoms with Crippen molar-refractivity contribution in [1.82, 2.24) is 9.97 Å². The molecule has 7 heteroatoms. The second kappa shape index (κ2) is 6.54. The fraction of sp³-hybridized carbons (Fsp3) is 0.429. The van der Waals surface area contributed by atoms with Crippen molar-refractivity contribution < 1.29 is 4.42 Å². The first-order chi connectivity index (χ1) is 10.1. The Morgan fingerprint density at radius 1 is 1.29 bits per heavy atom. The summed E-state index contributed by atoms with van der Waals surface area (Å²) in [5.41, 5.74) is 1.14. The van der Waals surface area contributed by atoms with Crippen molar-refractivity contribution in [3.05, 3.63) is 24.5 Å². The van der Waals surface area contributed by atoms with Gasteiger partial charge in [0.05, 0.1) is 13.7 Å². The Balaban J connectivity index is 2.10. The number of hydrogen-bond donors (Lipinski definition) is 1. The monoisotopic (exact) mass is 525 g/mol. The van der Waals surface area contributed by atoms with Crippen LogP contribution in [0.5, 0.6) is 0 Å². The SMILES string of the molecule is CNc1nc(-c2cc(Br)c(Br)o2)nc(C2CCCC2)c1I. The fourth-order valence-electron chi connectivity index (χ4n) is 2.67. The van der Waals surface area contributed by atoms with Gasteiger partial charge in [-0.05, 0) is 67.3 Å². The van der Waals surface area contributed by atoms with Crippen molar-refractivity contribution in [2.45, 2.75) is 31.6 Å². The molecule has 0 unspecified atom stereocenters. The van der Waals surface area contributed by atoms with Crippen molar-refractivity contribution in [1.29, 1.82) is 0 Å². The normalized spacial score (nSPS) is 15.6. The third-order valence-corrected chi connectivity index (χ3v) is 6.49. The maximum absolute atomic E-state index is 5.67. The zero-order valence-corrected chi connectivity index (χ0v) is 16.7. The molecule has 0 aromatic carbocycles. The van der Waals surface area contributed by atoms with Crippen LogP contribution >= 0.6 is 54.5 Å². The Morgan fingerprint density at radius 2 is 2.00 bits per heavy atom. The molecule has 0 spiro atoms. The minimum absolute atomic E-state index is 0.535. The highest BCUT2D eigenvalue weighted by Gasteiger charge is 2.25. The van der Waals surface area contributed by atoms with E-state index < -0.39 is 0 Å². The highest BCUT2D eigenvalue weighted by Crippen LogP contribution is 2.39. The molecule has 2 aromatic heterocycles. The molecule has 0 atom stereocenters. The van der Waals surface area contributed by atoms with Gasteiger partial charge in [-0.15, -0.1) is 0 Å². The molecule has 3 rings (SSSR count). The van der Waals surface area contributed by atoms with Crippen LogP contribution in [0.3, 0.4) is 0 Å². The van der Waals surface area contributed by atoms with Gasteiger partial charge in [0.25, 0.3) is 0 Å². The van der Waals surface area contributed by atoms with E-state index in [4.69, 9.17) is 9.40 Å². The molecule has 1 fully saturated rings. The third-order valence-electron chi connectivity index (χ3n) is 3.72. The van der Waals surface area contributed by atoms with E-state index in [1.165, 1.54) is 25.7 Å². The Hall–Kier alpha value is -0.150. The lowest BCUT2D eigenvalue weighted by Gasteiger charge is -2.14. The third kappa shape index (κ3) is 3.14. The molecule has 0 amide bonds. The molecule has 112 valence electrons. The molecule has 4 nitrogen and oxygen atoms in total. The van der Waals surface area contributed by atoms with Gasteiger partial charge in [-0.2, -0.15) is 0 Å². The zero-order chi connectivity index (χ0) is 15.0. The van der Waals surface area contributed by atoms with Crippen molar-refractivity contribution in [2.24, 2.45) is 0 Å². The van der Waals surface area contributed by atoms with E-state index in [9.17, 15) is 0 Å². The van der Waals surface area contributed by atoms with Crippen LogP contribution in [0.1, 0.15) is 37.3 Å². The molecule has 0 bridgehead atoms. The molecule has 2 aromatic rings. The van der Waals surface area contributed by atoms with E-state index in [0.29, 0.717) is 22.2 Å². The molecule has 0 saturated heterocycles. The summed E-state index contributed by atoms with van der Waals surface area (Å²) < 4.78 is 8.32. The lowest BCUT2D eigenvalue weighted by Crippen LogP contribution is -2.07. The summed E-state index contributed by atoms with van der Waals surface area (Å²) in [6.07, 6.45) is 4.99. The zero-order valence-electron chi connectivity index (χ0n) is 11.4. The molecule has 1 N–H and O–H groups in total. The number of nitrogens with one attached hydrogen (secondary N) is 1. The largest absolute Gasteiger partial charge is 0.445 e. The number of anilines is 1. The molecular weight excluding hydrogens is 513 g/mol. The number of hydrogen-bond acceptors (Lipinski definition) is 4. The van der Waals surface area contributed by atoms with E-state index in [2.05, 4.69) is 64.8 Å². The van der Waals surface area contributed by atoms with Crippen LogP contribution in [0.2, 0.25) is 0 Å². The Bertz CT molecular complexity index is 649. The quantitative estimate of drug-likeness (QED) is 0.532. The van der Waals surface area contributed by atoms with E-state index in [1.54, 1.807) is 0 Å². The van der Waals surface area contributed by atoms with Crippen LogP contribution in [0, 0.1) is 3.57 Å². The number of rotatable bonds is 3. The van der Waals surface area contributed by atoms with Crippen molar-refractivity contribution in [3.8, 4) is 11.6 Å². The fourth-order valence-corrected chi connectivity index (χ4v) is 4.20. The average Bonchev–Trinajstić information content (AvgIpc) is 3.10. The van der Waals surface area contributed by atoms with Gasteiger partial charge in [-0.25, -0.2) is 9.97 Å². The maximum Gasteiger partial charge on any atom is 0.198 e. The molecule has 1 aliphatic rings. The van der Waals surface area contributed by atoms with Crippen LogP contribution in [0.15, 0.2) is 19.6 Å². The van der Waals surface area contributed by atoms with Gasteiger partial charge >= 0.3 is 0 Å². The molecule has 21 heavy (non-hydrogen) atoms. The Labute approximate surface area is 153 Å². The smallest absolute Gasteiger partial charge is 0.198 e. The topological polar surface area (TPSA) is 51.0 Å². The molecule has 2 heterocycles. The number of furan rings is 1. The summed E-state index contributed by atoms with van der Waals surface area (Å²) in [4.78, 5) is 9.38. The van der Waals surface area contributed by atoms with Gasteiger partial charge in [-0.3, -0.25) is 0 Å². The summed E-state index contributed by atoms with van der Waals surface area (Å²) in [6.45, 7) is 0. The summed E-state index contributed by atoms with van der Waals surface area (Å²) in [6, 6.07) is 1.89. The number of halogens is 3.